The number of hydrogen-bond donors (Lipinski definition) is 1. The monoisotopic (exact) mass is 490 g/mol. The van der Waals surface area contributed by atoms with Crippen LogP contribution in [0.2, 0.25) is 0 Å². The molecule has 0 saturated carbocycles. The zero-order chi connectivity index (χ0) is 18.4. The number of carbonyl (C=O) groups is 1. The first-order valence-electron chi connectivity index (χ1n) is 8.98. The van der Waals surface area contributed by atoms with Crippen LogP contribution in [0, 0.1) is 0 Å². The van der Waals surface area contributed by atoms with Gasteiger partial charge in [-0.25, -0.2) is 4.99 Å². The van der Waals surface area contributed by atoms with Crippen molar-refractivity contribution in [3.63, 3.8) is 0 Å². The molecule has 2 heterocycles. The lowest BCUT2D eigenvalue weighted by molar-refractivity contribution is -0.130. The van der Waals surface area contributed by atoms with E-state index in [0.717, 1.165) is 50.2 Å². The molecular formula is C18H27IN4O4. The van der Waals surface area contributed by atoms with E-state index in [2.05, 4.69) is 15.2 Å². The molecule has 1 aromatic rings. The fourth-order valence-electron chi connectivity index (χ4n) is 2.94. The van der Waals surface area contributed by atoms with E-state index in [1.807, 2.05) is 30.0 Å². The van der Waals surface area contributed by atoms with Gasteiger partial charge in [-0.15, -0.1) is 24.0 Å². The van der Waals surface area contributed by atoms with Gasteiger partial charge in [0, 0.05) is 45.7 Å². The first-order chi connectivity index (χ1) is 12.7. The SMILES string of the molecule is CCNC(=NCCOc1ccc2c(c1)OCO2)N1CCN(C(C)=O)CC1.I. The fraction of sp³-hybridized carbons (Fsp3) is 0.556. The quantitative estimate of drug-likeness (QED) is 0.292. The molecule has 2 aliphatic rings. The zero-order valence-electron chi connectivity index (χ0n) is 15.8. The summed E-state index contributed by atoms with van der Waals surface area (Å²) in [6.07, 6.45) is 0. The first-order valence-corrected chi connectivity index (χ1v) is 8.98. The van der Waals surface area contributed by atoms with Crippen LogP contribution in [0.25, 0.3) is 0 Å². The second-order valence-corrected chi connectivity index (χ2v) is 6.09. The molecule has 3 rings (SSSR count). The molecule has 1 saturated heterocycles. The van der Waals surface area contributed by atoms with Crippen LogP contribution in [-0.4, -0.2) is 74.3 Å². The van der Waals surface area contributed by atoms with E-state index in [4.69, 9.17) is 14.2 Å². The number of fused-ring (bicyclic) bond motifs is 1. The lowest BCUT2D eigenvalue weighted by Crippen LogP contribution is -2.53. The topological polar surface area (TPSA) is 75.6 Å². The minimum Gasteiger partial charge on any atom is -0.492 e. The van der Waals surface area contributed by atoms with Crippen molar-refractivity contribution < 1.29 is 19.0 Å². The predicted molar refractivity (Wildman–Crippen MR) is 113 cm³/mol. The standard InChI is InChI=1S/C18H26N4O4.HI/c1-3-19-18(22-9-7-21(8-10-22)14(2)23)20-6-11-24-15-4-5-16-17(12-15)26-13-25-16;/h4-5,12H,3,6-11,13H2,1-2H3,(H,19,20);1H. The highest BCUT2D eigenvalue weighted by molar-refractivity contribution is 14.0. The summed E-state index contributed by atoms with van der Waals surface area (Å²) in [4.78, 5) is 20.1. The number of nitrogens with zero attached hydrogens (tertiary/aromatic N) is 3. The lowest BCUT2D eigenvalue weighted by atomic mass is 10.3. The third-order valence-electron chi connectivity index (χ3n) is 4.33. The maximum atomic E-state index is 11.4. The van der Waals surface area contributed by atoms with Crippen molar-refractivity contribution in [2.45, 2.75) is 13.8 Å². The molecule has 9 heteroatoms. The highest BCUT2D eigenvalue weighted by Gasteiger charge is 2.20. The summed E-state index contributed by atoms with van der Waals surface area (Å²) < 4.78 is 16.4. The van der Waals surface area contributed by atoms with Gasteiger partial charge in [-0.2, -0.15) is 0 Å². The zero-order valence-corrected chi connectivity index (χ0v) is 18.1. The number of aliphatic imine (C=N–C) groups is 1. The number of halogens is 1. The summed E-state index contributed by atoms with van der Waals surface area (Å²) in [7, 11) is 0. The Morgan fingerprint density at radius 2 is 1.89 bits per heavy atom. The predicted octanol–water partition coefficient (Wildman–Crippen LogP) is 1.54. The largest absolute Gasteiger partial charge is 0.492 e. The number of amides is 1. The third kappa shape index (κ3) is 5.78. The van der Waals surface area contributed by atoms with Crippen molar-refractivity contribution in [3.05, 3.63) is 18.2 Å². The van der Waals surface area contributed by atoms with Gasteiger partial charge in [0.1, 0.15) is 12.4 Å². The lowest BCUT2D eigenvalue weighted by Gasteiger charge is -2.36. The van der Waals surface area contributed by atoms with Crippen molar-refractivity contribution >= 4 is 35.8 Å². The normalized spacial score (nSPS) is 16.0. The number of guanidine groups is 1. The maximum Gasteiger partial charge on any atom is 0.231 e. The Morgan fingerprint density at radius 1 is 1.19 bits per heavy atom. The van der Waals surface area contributed by atoms with Crippen LogP contribution in [0.1, 0.15) is 13.8 Å². The highest BCUT2D eigenvalue weighted by Crippen LogP contribution is 2.34. The molecule has 0 unspecified atom stereocenters. The summed E-state index contributed by atoms with van der Waals surface area (Å²) in [6.45, 7) is 8.77. The van der Waals surface area contributed by atoms with Crippen LogP contribution in [0.4, 0.5) is 0 Å². The number of benzene rings is 1. The molecule has 0 radical (unpaired) electrons. The Morgan fingerprint density at radius 3 is 2.59 bits per heavy atom. The number of hydrogen-bond acceptors (Lipinski definition) is 5. The molecule has 8 nitrogen and oxygen atoms in total. The molecule has 0 aliphatic carbocycles. The van der Waals surface area contributed by atoms with Gasteiger partial charge >= 0.3 is 0 Å². The molecule has 0 spiro atoms. The molecule has 1 amide bonds. The summed E-state index contributed by atoms with van der Waals surface area (Å²) in [5.41, 5.74) is 0. The van der Waals surface area contributed by atoms with Gasteiger partial charge in [-0.05, 0) is 19.1 Å². The van der Waals surface area contributed by atoms with Crippen LogP contribution in [0.15, 0.2) is 23.2 Å². The number of ether oxygens (including phenoxy) is 3. The van der Waals surface area contributed by atoms with Crippen LogP contribution in [0.5, 0.6) is 17.2 Å². The van der Waals surface area contributed by atoms with Crippen molar-refractivity contribution in [1.29, 1.82) is 0 Å². The maximum absolute atomic E-state index is 11.4. The minimum absolute atomic E-state index is 0. The molecule has 150 valence electrons. The molecular weight excluding hydrogens is 463 g/mol. The minimum atomic E-state index is 0. The molecule has 0 bridgehead atoms. The van der Waals surface area contributed by atoms with Crippen LogP contribution in [0.3, 0.4) is 0 Å². The first kappa shape index (κ1) is 21.4. The number of carbonyl (C=O) groups excluding carboxylic acids is 1. The van der Waals surface area contributed by atoms with Gasteiger partial charge in [-0.1, -0.05) is 0 Å². The Kier molecular flexibility index (Phi) is 8.26. The molecule has 0 aromatic heterocycles. The summed E-state index contributed by atoms with van der Waals surface area (Å²) in [5.74, 6) is 3.19. The van der Waals surface area contributed by atoms with Gasteiger partial charge in [0.25, 0.3) is 0 Å². The van der Waals surface area contributed by atoms with Crippen LogP contribution in [-0.2, 0) is 4.79 Å². The highest BCUT2D eigenvalue weighted by atomic mass is 127. The van der Waals surface area contributed by atoms with Crippen molar-refractivity contribution in [3.8, 4) is 17.2 Å². The van der Waals surface area contributed by atoms with Gasteiger partial charge < -0.3 is 29.3 Å². The van der Waals surface area contributed by atoms with Crippen molar-refractivity contribution in [1.82, 2.24) is 15.1 Å². The Labute approximate surface area is 176 Å². The number of rotatable bonds is 5. The van der Waals surface area contributed by atoms with E-state index in [1.54, 1.807) is 6.92 Å². The van der Waals surface area contributed by atoms with Gasteiger partial charge in [-0.3, -0.25) is 4.79 Å². The number of nitrogens with one attached hydrogen (secondary N) is 1. The van der Waals surface area contributed by atoms with Gasteiger partial charge in [0.05, 0.1) is 6.54 Å². The molecule has 2 aliphatic heterocycles. The summed E-state index contributed by atoms with van der Waals surface area (Å²) in [6, 6.07) is 5.54. The average molecular weight is 490 g/mol. The van der Waals surface area contributed by atoms with E-state index in [1.165, 1.54) is 0 Å². The van der Waals surface area contributed by atoms with Crippen molar-refractivity contribution in [2.24, 2.45) is 4.99 Å². The Bertz CT molecular complexity index is 663. The molecule has 1 aromatic carbocycles. The number of piperazine rings is 1. The molecule has 27 heavy (non-hydrogen) atoms. The van der Waals surface area contributed by atoms with E-state index in [9.17, 15) is 4.79 Å². The van der Waals surface area contributed by atoms with E-state index < -0.39 is 0 Å². The van der Waals surface area contributed by atoms with E-state index in [0.29, 0.717) is 18.9 Å². The van der Waals surface area contributed by atoms with E-state index in [-0.39, 0.29) is 36.7 Å². The van der Waals surface area contributed by atoms with E-state index >= 15 is 0 Å². The molecule has 0 atom stereocenters. The Hall–Kier alpha value is -1.91. The Balaban J connectivity index is 0.00000261. The molecule has 1 N–H and O–H groups in total. The summed E-state index contributed by atoms with van der Waals surface area (Å²) >= 11 is 0. The summed E-state index contributed by atoms with van der Waals surface area (Å²) in [5, 5.41) is 3.31. The average Bonchev–Trinajstić information content (AvgIpc) is 3.12. The van der Waals surface area contributed by atoms with Crippen molar-refractivity contribution in [2.75, 3.05) is 52.7 Å². The van der Waals surface area contributed by atoms with Crippen LogP contribution >= 0.6 is 24.0 Å². The van der Waals surface area contributed by atoms with Crippen LogP contribution < -0.4 is 19.5 Å². The van der Waals surface area contributed by atoms with Gasteiger partial charge in [0.2, 0.25) is 12.7 Å². The molecule has 1 fully saturated rings. The smallest absolute Gasteiger partial charge is 0.231 e. The van der Waals surface area contributed by atoms with Gasteiger partial charge in [0.15, 0.2) is 17.5 Å². The third-order valence-corrected chi connectivity index (χ3v) is 4.33. The second kappa shape index (κ2) is 10.4. The fourth-order valence-corrected chi connectivity index (χ4v) is 2.94. The second-order valence-electron chi connectivity index (χ2n) is 6.09.